The molecule has 0 bridgehead atoms. The summed E-state index contributed by atoms with van der Waals surface area (Å²) in [6.07, 6.45) is 5.73. The van der Waals surface area contributed by atoms with Crippen molar-refractivity contribution >= 4 is 5.97 Å². The van der Waals surface area contributed by atoms with Crippen LogP contribution in [0.25, 0.3) is 0 Å². The molecule has 1 aliphatic rings. The molecule has 1 aromatic rings. The van der Waals surface area contributed by atoms with Crippen LogP contribution in [0.2, 0.25) is 0 Å². The van der Waals surface area contributed by atoms with Crippen molar-refractivity contribution in [3.63, 3.8) is 0 Å². The number of nitrogens with one attached hydrogen (secondary N) is 2. The van der Waals surface area contributed by atoms with Crippen LogP contribution in [-0.2, 0) is 11.2 Å². The molecular formula is C11H16N2O2. The van der Waals surface area contributed by atoms with Gasteiger partial charge in [-0.15, -0.1) is 0 Å². The van der Waals surface area contributed by atoms with Gasteiger partial charge in [-0.05, 0) is 43.5 Å². The van der Waals surface area contributed by atoms with Crippen molar-refractivity contribution in [2.24, 2.45) is 11.8 Å². The Balaban J connectivity index is 1.55. The van der Waals surface area contributed by atoms with E-state index in [4.69, 9.17) is 5.11 Å². The first-order valence-corrected chi connectivity index (χ1v) is 5.32. The molecule has 0 aromatic carbocycles. The van der Waals surface area contributed by atoms with Crippen LogP contribution in [0, 0.1) is 11.8 Å². The Morgan fingerprint density at radius 1 is 1.67 bits per heavy atom. The van der Waals surface area contributed by atoms with Crippen molar-refractivity contribution in [2.75, 3.05) is 13.1 Å². The van der Waals surface area contributed by atoms with Gasteiger partial charge < -0.3 is 15.4 Å². The van der Waals surface area contributed by atoms with E-state index in [-0.39, 0.29) is 5.92 Å². The molecule has 1 heterocycles. The summed E-state index contributed by atoms with van der Waals surface area (Å²) in [4.78, 5) is 13.6. The lowest BCUT2D eigenvalue weighted by Gasteiger charge is -2.01. The fourth-order valence-electron chi connectivity index (χ4n) is 1.81. The minimum Gasteiger partial charge on any atom is -0.481 e. The van der Waals surface area contributed by atoms with E-state index in [1.165, 1.54) is 5.56 Å². The second-order valence-corrected chi connectivity index (χ2v) is 4.11. The maximum Gasteiger partial charge on any atom is 0.306 e. The fourth-order valence-corrected chi connectivity index (χ4v) is 1.81. The minimum atomic E-state index is -0.646. The molecule has 1 fully saturated rings. The van der Waals surface area contributed by atoms with Gasteiger partial charge >= 0.3 is 5.97 Å². The second kappa shape index (κ2) is 4.49. The van der Waals surface area contributed by atoms with Gasteiger partial charge in [0, 0.05) is 12.4 Å². The van der Waals surface area contributed by atoms with Gasteiger partial charge in [0.25, 0.3) is 0 Å². The van der Waals surface area contributed by atoms with E-state index in [1.807, 2.05) is 12.4 Å². The molecule has 0 spiro atoms. The third-order valence-electron chi connectivity index (χ3n) is 2.90. The Morgan fingerprint density at radius 2 is 2.53 bits per heavy atom. The number of hydrogen-bond acceptors (Lipinski definition) is 2. The van der Waals surface area contributed by atoms with Crippen molar-refractivity contribution in [2.45, 2.75) is 12.8 Å². The topological polar surface area (TPSA) is 65.1 Å². The summed E-state index contributed by atoms with van der Waals surface area (Å²) in [5.41, 5.74) is 1.29. The van der Waals surface area contributed by atoms with E-state index in [0.717, 1.165) is 25.9 Å². The van der Waals surface area contributed by atoms with Crippen molar-refractivity contribution in [1.29, 1.82) is 0 Å². The van der Waals surface area contributed by atoms with Gasteiger partial charge in [0.05, 0.1) is 5.92 Å². The Bertz CT molecular complexity index is 321. The maximum absolute atomic E-state index is 10.6. The highest BCUT2D eigenvalue weighted by Crippen LogP contribution is 2.37. The lowest BCUT2D eigenvalue weighted by Crippen LogP contribution is -2.21. The molecule has 82 valence electrons. The molecule has 2 unspecified atom stereocenters. The summed E-state index contributed by atoms with van der Waals surface area (Å²) in [5, 5.41) is 12.0. The largest absolute Gasteiger partial charge is 0.481 e. The van der Waals surface area contributed by atoms with Crippen LogP contribution in [0.3, 0.4) is 0 Å². The summed E-state index contributed by atoms with van der Waals surface area (Å²) in [6.45, 7) is 1.75. The molecule has 4 nitrogen and oxygen atoms in total. The smallest absolute Gasteiger partial charge is 0.306 e. The highest BCUT2D eigenvalue weighted by Gasteiger charge is 2.42. The predicted molar refractivity (Wildman–Crippen MR) is 56.6 cm³/mol. The average molecular weight is 208 g/mol. The number of hydrogen-bond donors (Lipinski definition) is 3. The predicted octanol–water partition coefficient (Wildman–Crippen LogP) is 0.867. The van der Waals surface area contributed by atoms with Gasteiger partial charge in [-0.3, -0.25) is 4.79 Å². The van der Waals surface area contributed by atoms with Crippen molar-refractivity contribution in [1.82, 2.24) is 10.3 Å². The third-order valence-corrected chi connectivity index (χ3v) is 2.90. The summed E-state index contributed by atoms with van der Waals surface area (Å²) in [5.74, 6) is -0.383. The quantitative estimate of drug-likeness (QED) is 0.608. The summed E-state index contributed by atoms with van der Waals surface area (Å²) >= 11 is 0. The van der Waals surface area contributed by atoms with E-state index in [2.05, 4.69) is 16.4 Å². The van der Waals surface area contributed by atoms with Gasteiger partial charge in [-0.2, -0.15) is 0 Å². The second-order valence-electron chi connectivity index (χ2n) is 4.11. The summed E-state index contributed by atoms with van der Waals surface area (Å²) < 4.78 is 0. The first kappa shape index (κ1) is 10.2. The molecule has 2 atom stereocenters. The molecule has 0 amide bonds. The average Bonchev–Trinajstić information content (AvgIpc) is 2.80. The molecule has 2 rings (SSSR count). The molecule has 0 saturated heterocycles. The van der Waals surface area contributed by atoms with Crippen molar-refractivity contribution in [3.05, 3.63) is 24.0 Å². The van der Waals surface area contributed by atoms with Crippen LogP contribution in [-0.4, -0.2) is 29.1 Å². The van der Waals surface area contributed by atoms with Crippen LogP contribution < -0.4 is 5.32 Å². The Kier molecular flexibility index (Phi) is 3.06. The fraction of sp³-hybridized carbons (Fsp3) is 0.545. The van der Waals surface area contributed by atoms with Gasteiger partial charge in [0.1, 0.15) is 0 Å². The van der Waals surface area contributed by atoms with E-state index in [0.29, 0.717) is 5.92 Å². The van der Waals surface area contributed by atoms with Gasteiger partial charge in [0.15, 0.2) is 0 Å². The molecule has 1 aromatic heterocycles. The molecule has 1 aliphatic carbocycles. The van der Waals surface area contributed by atoms with E-state index in [1.54, 1.807) is 0 Å². The number of aromatic nitrogens is 1. The number of rotatable bonds is 6. The van der Waals surface area contributed by atoms with E-state index in [9.17, 15) is 4.79 Å². The van der Waals surface area contributed by atoms with E-state index >= 15 is 0 Å². The molecular weight excluding hydrogens is 192 g/mol. The third kappa shape index (κ3) is 2.83. The molecule has 1 saturated carbocycles. The summed E-state index contributed by atoms with van der Waals surface area (Å²) in [7, 11) is 0. The number of H-pyrrole nitrogens is 1. The number of aromatic amines is 1. The lowest BCUT2D eigenvalue weighted by molar-refractivity contribution is -0.138. The molecule has 3 N–H and O–H groups in total. The molecule has 4 heteroatoms. The lowest BCUT2D eigenvalue weighted by atomic mass is 10.2. The standard InChI is InChI=1S/C11H16N2O2/c14-11(15)10-5-9(10)7-13-4-2-8-1-3-12-6-8/h1,3,6,9-10,12-13H,2,4-5,7H2,(H,14,15). The summed E-state index contributed by atoms with van der Waals surface area (Å²) in [6, 6.07) is 2.05. The maximum atomic E-state index is 10.6. The Labute approximate surface area is 88.7 Å². The molecule has 0 aliphatic heterocycles. The zero-order chi connectivity index (χ0) is 10.7. The number of carboxylic acid groups (broad SMARTS) is 1. The van der Waals surface area contributed by atoms with Crippen molar-refractivity contribution < 1.29 is 9.90 Å². The monoisotopic (exact) mass is 208 g/mol. The molecule has 0 radical (unpaired) electrons. The normalized spacial score (nSPS) is 24.0. The highest BCUT2D eigenvalue weighted by atomic mass is 16.4. The van der Waals surface area contributed by atoms with Gasteiger partial charge in [0.2, 0.25) is 0 Å². The number of carboxylic acids is 1. The van der Waals surface area contributed by atoms with Crippen LogP contribution in [0.1, 0.15) is 12.0 Å². The zero-order valence-electron chi connectivity index (χ0n) is 8.57. The van der Waals surface area contributed by atoms with Crippen LogP contribution in [0.5, 0.6) is 0 Å². The van der Waals surface area contributed by atoms with Crippen molar-refractivity contribution in [3.8, 4) is 0 Å². The zero-order valence-corrected chi connectivity index (χ0v) is 8.57. The van der Waals surface area contributed by atoms with Gasteiger partial charge in [-0.25, -0.2) is 0 Å². The number of aliphatic carboxylic acids is 1. The van der Waals surface area contributed by atoms with Crippen LogP contribution in [0.4, 0.5) is 0 Å². The van der Waals surface area contributed by atoms with Crippen LogP contribution >= 0.6 is 0 Å². The molecule has 15 heavy (non-hydrogen) atoms. The first-order chi connectivity index (χ1) is 7.27. The SMILES string of the molecule is O=C(O)C1CC1CNCCc1cc[nH]c1. The van der Waals surface area contributed by atoms with Gasteiger partial charge in [-0.1, -0.05) is 0 Å². The Morgan fingerprint density at radius 3 is 3.13 bits per heavy atom. The number of carbonyl (C=O) groups is 1. The first-order valence-electron chi connectivity index (χ1n) is 5.32. The Hall–Kier alpha value is -1.29. The van der Waals surface area contributed by atoms with E-state index < -0.39 is 5.97 Å². The highest BCUT2D eigenvalue weighted by molar-refractivity contribution is 5.73. The van der Waals surface area contributed by atoms with Crippen LogP contribution in [0.15, 0.2) is 18.5 Å². The minimum absolute atomic E-state index is 0.0928.